The fourth-order valence-electron chi connectivity index (χ4n) is 1.99. The first kappa shape index (κ1) is 10.2. The lowest BCUT2D eigenvalue weighted by atomic mass is 9.68. The van der Waals surface area contributed by atoms with Gasteiger partial charge in [-0.15, -0.1) is 0 Å². The first-order valence-corrected chi connectivity index (χ1v) is 5.33. The minimum atomic E-state index is -0.360. The number of carbonyl (C=O) groups excluding carboxylic acids is 1. The summed E-state index contributed by atoms with van der Waals surface area (Å²) in [7, 11) is 0. The highest BCUT2D eigenvalue weighted by Crippen LogP contribution is 2.51. The topological polar surface area (TPSA) is 26.3 Å². The number of cyclic esters (lactones) is 1. The van der Waals surface area contributed by atoms with E-state index in [1.54, 1.807) is 0 Å². The monoisotopic (exact) mass is 204 g/mol. The molecule has 0 aromatic heterocycles. The number of benzene rings is 1. The highest BCUT2D eigenvalue weighted by molar-refractivity contribution is 5.83. The second-order valence-electron chi connectivity index (χ2n) is 4.63. The van der Waals surface area contributed by atoms with E-state index in [9.17, 15) is 4.79 Å². The number of hydrogen-bond donors (Lipinski definition) is 0. The Morgan fingerprint density at radius 1 is 1.27 bits per heavy atom. The standard InChI is InChI=1S/C13H16O2/c1-9(2)13(3)11(15-12(13)14)10-7-5-4-6-8-10/h4-9,11H,1-3H3/t11-,13+/m1/s1. The summed E-state index contributed by atoms with van der Waals surface area (Å²) in [5.41, 5.74) is 0.731. The highest BCUT2D eigenvalue weighted by atomic mass is 16.6. The molecule has 2 heteroatoms. The number of rotatable bonds is 2. The first-order chi connectivity index (χ1) is 7.06. The zero-order chi connectivity index (χ0) is 11.1. The Hall–Kier alpha value is -1.31. The van der Waals surface area contributed by atoms with E-state index in [2.05, 4.69) is 13.8 Å². The fourth-order valence-corrected chi connectivity index (χ4v) is 1.99. The van der Waals surface area contributed by atoms with Crippen molar-refractivity contribution in [2.24, 2.45) is 11.3 Å². The molecule has 2 rings (SSSR count). The van der Waals surface area contributed by atoms with Crippen molar-refractivity contribution in [3.05, 3.63) is 35.9 Å². The third kappa shape index (κ3) is 1.36. The lowest BCUT2D eigenvalue weighted by Crippen LogP contribution is -2.51. The quantitative estimate of drug-likeness (QED) is 0.692. The van der Waals surface area contributed by atoms with Gasteiger partial charge in [0.15, 0.2) is 0 Å². The van der Waals surface area contributed by atoms with E-state index in [1.165, 1.54) is 0 Å². The summed E-state index contributed by atoms with van der Waals surface area (Å²) < 4.78 is 5.26. The summed E-state index contributed by atoms with van der Waals surface area (Å²) in [6, 6.07) is 9.94. The van der Waals surface area contributed by atoms with Crippen LogP contribution in [0.2, 0.25) is 0 Å². The summed E-state index contributed by atoms with van der Waals surface area (Å²) in [5.74, 6) is 0.218. The number of hydrogen-bond acceptors (Lipinski definition) is 2. The molecule has 1 aromatic rings. The Morgan fingerprint density at radius 3 is 2.33 bits per heavy atom. The van der Waals surface area contributed by atoms with Crippen LogP contribution in [0.25, 0.3) is 0 Å². The average molecular weight is 204 g/mol. The van der Waals surface area contributed by atoms with Crippen LogP contribution in [0.1, 0.15) is 32.4 Å². The van der Waals surface area contributed by atoms with Crippen LogP contribution in [0.15, 0.2) is 30.3 Å². The predicted molar refractivity (Wildman–Crippen MR) is 58.2 cm³/mol. The molecule has 0 radical (unpaired) electrons. The van der Waals surface area contributed by atoms with E-state index in [1.807, 2.05) is 37.3 Å². The van der Waals surface area contributed by atoms with Gasteiger partial charge in [0.05, 0.1) is 0 Å². The van der Waals surface area contributed by atoms with Crippen molar-refractivity contribution < 1.29 is 9.53 Å². The molecule has 0 saturated carbocycles. The van der Waals surface area contributed by atoms with Gasteiger partial charge in [-0.1, -0.05) is 44.2 Å². The van der Waals surface area contributed by atoms with Gasteiger partial charge in [-0.3, -0.25) is 4.79 Å². The SMILES string of the molecule is CC(C)[C@]1(C)C(=O)O[C@@H]1c1ccccc1. The van der Waals surface area contributed by atoms with Crippen LogP contribution in [-0.2, 0) is 9.53 Å². The Labute approximate surface area is 90.3 Å². The molecule has 1 aromatic carbocycles. The largest absolute Gasteiger partial charge is 0.456 e. The summed E-state index contributed by atoms with van der Waals surface area (Å²) in [6.07, 6.45) is -0.0776. The molecule has 1 aliphatic heterocycles. The highest BCUT2D eigenvalue weighted by Gasteiger charge is 2.56. The van der Waals surface area contributed by atoms with Crippen LogP contribution in [-0.4, -0.2) is 5.97 Å². The van der Waals surface area contributed by atoms with Crippen LogP contribution >= 0.6 is 0 Å². The van der Waals surface area contributed by atoms with Gasteiger partial charge in [0.2, 0.25) is 0 Å². The minimum absolute atomic E-state index is 0.0775. The third-order valence-corrected chi connectivity index (χ3v) is 3.51. The lowest BCUT2D eigenvalue weighted by Gasteiger charge is -2.47. The molecule has 2 nitrogen and oxygen atoms in total. The van der Waals surface area contributed by atoms with Gasteiger partial charge in [0.25, 0.3) is 0 Å². The molecule has 1 aliphatic rings. The molecule has 0 aliphatic carbocycles. The van der Waals surface area contributed by atoms with Crippen molar-refractivity contribution in [3.8, 4) is 0 Å². The van der Waals surface area contributed by atoms with Crippen LogP contribution in [0.5, 0.6) is 0 Å². The van der Waals surface area contributed by atoms with Crippen molar-refractivity contribution in [2.45, 2.75) is 26.9 Å². The maximum absolute atomic E-state index is 11.6. The van der Waals surface area contributed by atoms with Gasteiger partial charge in [-0.25, -0.2) is 0 Å². The molecule has 80 valence electrons. The summed E-state index contributed by atoms with van der Waals surface area (Å²) in [4.78, 5) is 11.6. The molecule has 0 N–H and O–H groups in total. The van der Waals surface area contributed by atoms with Crippen LogP contribution in [0, 0.1) is 11.3 Å². The van der Waals surface area contributed by atoms with Crippen molar-refractivity contribution >= 4 is 5.97 Å². The number of esters is 1. The van der Waals surface area contributed by atoms with Crippen molar-refractivity contribution in [3.63, 3.8) is 0 Å². The zero-order valence-electron chi connectivity index (χ0n) is 9.36. The molecule has 0 spiro atoms. The van der Waals surface area contributed by atoms with E-state index < -0.39 is 0 Å². The second-order valence-corrected chi connectivity index (χ2v) is 4.63. The van der Waals surface area contributed by atoms with Gasteiger partial charge in [0, 0.05) is 0 Å². The second kappa shape index (κ2) is 3.37. The lowest BCUT2D eigenvalue weighted by molar-refractivity contribution is -0.213. The maximum atomic E-state index is 11.6. The van der Waals surface area contributed by atoms with E-state index >= 15 is 0 Å². The normalized spacial score (nSPS) is 29.9. The van der Waals surface area contributed by atoms with Crippen molar-refractivity contribution in [2.75, 3.05) is 0 Å². The van der Waals surface area contributed by atoms with Crippen LogP contribution in [0.3, 0.4) is 0 Å². The Morgan fingerprint density at radius 2 is 1.87 bits per heavy atom. The molecule has 1 heterocycles. The van der Waals surface area contributed by atoms with Gasteiger partial charge in [0.1, 0.15) is 11.5 Å². The minimum Gasteiger partial charge on any atom is -0.456 e. The molecular weight excluding hydrogens is 188 g/mol. The van der Waals surface area contributed by atoms with E-state index in [0.29, 0.717) is 5.92 Å². The number of carbonyl (C=O) groups is 1. The van der Waals surface area contributed by atoms with Gasteiger partial charge >= 0.3 is 5.97 Å². The van der Waals surface area contributed by atoms with E-state index in [0.717, 1.165) is 5.56 Å². The van der Waals surface area contributed by atoms with E-state index in [4.69, 9.17) is 4.74 Å². The van der Waals surface area contributed by atoms with Crippen LogP contribution < -0.4 is 0 Å². The van der Waals surface area contributed by atoms with Gasteiger partial charge in [-0.2, -0.15) is 0 Å². The van der Waals surface area contributed by atoms with Crippen LogP contribution in [0.4, 0.5) is 0 Å². The molecule has 15 heavy (non-hydrogen) atoms. The first-order valence-electron chi connectivity index (χ1n) is 5.33. The maximum Gasteiger partial charge on any atom is 0.316 e. The molecular formula is C13H16O2. The Kier molecular flexibility index (Phi) is 2.29. The Bertz CT molecular complexity index is 369. The molecule has 0 bridgehead atoms. The summed E-state index contributed by atoms with van der Waals surface area (Å²) in [6.45, 7) is 6.12. The number of ether oxygens (including phenoxy) is 1. The molecule has 0 amide bonds. The molecule has 1 fully saturated rings. The smallest absolute Gasteiger partial charge is 0.316 e. The Balaban J connectivity index is 2.30. The van der Waals surface area contributed by atoms with Crippen molar-refractivity contribution in [1.82, 2.24) is 0 Å². The fraction of sp³-hybridized carbons (Fsp3) is 0.462. The van der Waals surface area contributed by atoms with Gasteiger partial charge < -0.3 is 4.74 Å². The summed E-state index contributed by atoms with van der Waals surface area (Å²) >= 11 is 0. The molecule has 2 atom stereocenters. The van der Waals surface area contributed by atoms with Gasteiger partial charge in [-0.05, 0) is 18.4 Å². The average Bonchev–Trinajstić information content (AvgIpc) is 2.25. The van der Waals surface area contributed by atoms with Crippen molar-refractivity contribution in [1.29, 1.82) is 0 Å². The zero-order valence-corrected chi connectivity index (χ0v) is 9.36. The van der Waals surface area contributed by atoms with E-state index in [-0.39, 0.29) is 17.5 Å². The predicted octanol–water partition coefficient (Wildman–Crippen LogP) is 2.95. The molecule has 1 saturated heterocycles. The molecule has 0 unspecified atom stereocenters. The third-order valence-electron chi connectivity index (χ3n) is 3.51. The summed E-state index contributed by atoms with van der Waals surface area (Å²) in [5, 5.41) is 0.